The van der Waals surface area contributed by atoms with Crippen molar-refractivity contribution < 1.29 is 4.79 Å². The van der Waals surface area contributed by atoms with Crippen molar-refractivity contribution in [3.63, 3.8) is 0 Å². The second kappa shape index (κ2) is 8.61. The molecular formula is C24H31N7O2. The van der Waals surface area contributed by atoms with Gasteiger partial charge >= 0.3 is 0 Å². The Bertz CT molecular complexity index is 1240. The third-order valence-electron chi connectivity index (χ3n) is 7.18. The Morgan fingerprint density at radius 3 is 2.67 bits per heavy atom. The second-order valence-corrected chi connectivity index (χ2v) is 9.44. The fraction of sp³-hybridized carbons (Fsp3) is 0.542. The first-order chi connectivity index (χ1) is 15.9. The van der Waals surface area contributed by atoms with Gasteiger partial charge in [-0.3, -0.25) is 18.8 Å². The number of anilines is 1. The van der Waals surface area contributed by atoms with E-state index in [-0.39, 0.29) is 23.6 Å². The van der Waals surface area contributed by atoms with Crippen molar-refractivity contribution in [3.8, 4) is 0 Å². The quantitative estimate of drug-likeness (QED) is 0.608. The van der Waals surface area contributed by atoms with Crippen LogP contribution < -0.4 is 10.5 Å². The van der Waals surface area contributed by atoms with Crippen LogP contribution in [0.25, 0.3) is 11.0 Å². The zero-order valence-corrected chi connectivity index (χ0v) is 19.6. The van der Waals surface area contributed by atoms with Crippen LogP contribution in [0.4, 0.5) is 5.95 Å². The predicted molar refractivity (Wildman–Crippen MR) is 127 cm³/mol. The lowest BCUT2D eigenvalue weighted by atomic mass is 10.0. The van der Waals surface area contributed by atoms with Gasteiger partial charge in [-0.05, 0) is 38.2 Å². The number of hydrogen-bond donors (Lipinski definition) is 0. The molecule has 1 saturated carbocycles. The van der Waals surface area contributed by atoms with E-state index in [0.717, 1.165) is 61.7 Å². The third-order valence-corrected chi connectivity index (χ3v) is 7.18. The molecule has 0 bridgehead atoms. The molecule has 5 rings (SSSR count). The highest BCUT2D eigenvalue weighted by Crippen LogP contribution is 2.31. The minimum absolute atomic E-state index is 0.0230. The highest BCUT2D eigenvalue weighted by molar-refractivity contribution is 5.93. The van der Waals surface area contributed by atoms with Gasteiger partial charge in [0.15, 0.2) is 0 Å². The van der Waals surface area contributed by atoms with Crippen LogP contribution in [0.5, 0.6) is 0 Å². The summed E-state index contributed by atoms with van der Waals surface area (Å²) in [7, 11) is 3.66. The van der Waals surface area contributed by atoms with E-state index in [1.165, 1.54) is 0 Å². The van der Waals surface area contributed by atoms with Gasteiger partial charge in [0.05, 0.1) is 11.8 Å². The number of rotatable bonds is 4. The van der Waals surface area contributed by atoms with E-state index in [1.54, 1.807) is 23.1 Å². The van der Waals surface area contributed by atoms with Crippen molar-refractivity contribution in [2.24, 2.45) is 7.05 Å². The first kappa shape index (κ1) is 21.6. The topological polar surface area (TPSA) is 89.2 Å². The van der Waals surface area contributed by atoms with Crippen molar-refractivity contribution in [1.82, 2.24) is 29.2 Å². The summed E-state index contributed by atoms with van der Waals surface area (Å²) in [6, 6.07) is 1.97. The molecule has 4 heterocycles. The monoisotopic (exact) mass is 449 g/mol. The Kier molecular flexibility index (Phi) is 5.64. The lowest BCUT2D eigenvalue weighted by Gasteiger charge is -2.37. The molecule has 174 valence electrons. The zero-order valence-electron chi connectivity index (χ0n) is 19.6. The van der Waals surface area contributed by atoms with E-state index in [0.29, 0.717) is 18.1 Å². The van der Waals surface area contributed by atoms with Crippen LogP contribution in [0.15, 0.2) is 29.5 Å². The van der Waals surface area contributed by atoms with Crippen molar-refractivity contribution in [1.29, 1.82) is 0 Å². The number of carbonyl (C=O) groups excluding carboxylic acids is 1. The number of pyridine rings is 1. The predicted octanol–water partition coefficient (Wildman–Crippen LogP) is 2.69. The Morgan fingerprint density at radius 2 is 1.94 bits per heavy atom. The summed E-state index contributed by atoms with van der Waals surface area (Å²) < 4.78 is 3.53. The lowest BCUT2D eigenvalue weighted by Crippen LogP contribution is -2.49. The molecule has 0 aromatic carbocycles. The smallest absolute Gasteiger partial charge is 0.257 e. The molecule has 33 heavy (non-hydrogen) atoms. The standard InChI is InChI=1S/C24H31N7O2/c1-16-11-21(32)31(18-7-4-5-8-18)22-20(16)13-25-24(27-22)30-10-6-9-19(15-30)29(3)23(33)17-12-26-28(2)14-17/h11-14,18-19H,4-10,15H2,1-3H3. The highest BCUT2D eigenvalue weighted by Gasteiger charge is 2.29. The maximum absolute atomic E-state index is 12.9. The van der Waals surface area contributed by atoms with Gasteiger partial charge in [0, 0.05) is 63.1 Å². The van der Waals surface area contributed by atoms with Gasteiger partial charge in [0.1, 0.15) is 5.65 Å². The molecule has 3 aromatic rings. The van der Waals surface area contributed by atoms with Crippen molar-refractivity contribution in [2.75, 3.05) is 25.0 Å². The lowest BCUT2D eigenvalue weighted by molar-refractivity contribution is 0.0717. The number of piperidine rings is 1. The van der Waals surface area contributed by atoms with E-state index in [2.05, 4.69) is 15.0 Å². The number of aromatic nitrogens is 5. The Morgan fingerprint density at radius 1 is 1.15 bits per heavy atom. The van der Waals surface area contributed by atoms with E-state index < -0.39 is 0 Å². The molecule has 1 atom stereocenters. The number of hydrogen-bond acceptors (Lipinski definition) is 6. The second-order valence-electron chi connectivity index (χ2n) is 9.44. The fourth-order valence-corrected chi connectivity index (χ4v) is 5.28. The van der Waals surface area contributed by atoms with Crippen molar-refractivity contribution >= 4 is 22.9 Å². The molecule has 1 aliphatic heterocycles. The SMILES string of the molecule is Cc1cc(=O)n(C2CCCC2)c2nc(N3CCCC(N(C)C(=O)c4cnn(C)c4)C3)ncc12. The Balaban J connectivity index is 1.44. The first-order valence-electron chi connectivity index (χ1n) is 11.8. The van der Waals surface area contributed by atoms with E-state index in [4.69, 9.17) is 4.98 Å². The molecule has 0 N–H and O–H groups in total. The molecule has 9 heteroatoms. The number of amides is 1. The van der Waals surface area contributed by atoms with Gasteiger partial charge in [0.25, 0.3) is 11.5 Å². The van der Waals surface area contributed by atoms with Crippen LogP contribution >= 0.6 is 0 Å². The molecule has 3 aromatic heterocycles. The Labute approximate surface area is 193 Å². The summed E-state index contributed by atoms with van der Waals surface area (Å²) in [6.07, 6.45) is 11.4. The average molecular weight is 450 g/mol. The normalized spacial score (nSPS) is 19.4. The molecule has 0 radical (unpaired) electrons. The maximum Gasteiger partial charge on any atom is 0.257 e. The average Bonchev–Trinajstić information content (AvgIpc) is 3.50. The summed E-state index contributed by atoms with van der Waals surface area (Å²) >= 11 is 0. The van der Waals surface area contributed by atoms with Gasteiger partial charge in [-0.2, -0.15) is 10.1 Å². The molecule has 1 saturated heterocycles. The fourth-order valence-electron chi connectivity index (χ4n) is 5.28. The zero-order chi connectivity index (χ0) is 23.1. The summed E-state index contributed by atoms with van der Waals surface area (Å²) in [6.45, 7) is 3.44. The van der Waals surface area contributed by atoms with E-state index in [9.17, 15) is 9.59 Å². The molecule has 1 amide bonds. The summed E-state index contributed by atoms with van der Waals surface area (Å²) in [5.41, 5.74) is 2.26. The number of likely N-dealkylation sites (N-methyl/N-ethyl adjacent to an activating group) is 1. The van der Waals surface area contributed by atoms with E-state index >= 15 is 0 Å². The van der Waals surface area contributed by atoms with Crippen LogP contribution in [0, 0.1) is 6.92 Å². The minimum Gasteiger partial charge on any atom is -0.339 e. The van der Waals surface area contributed by atoms with Crippen LogP contribution in [-0.2, 0) is 7.05 Å². The van der Waals surface area contributed by atoms with Crippen molar-refractivity contribution in [2.45, 2.75) is 57.5 Å². The minimum atomic E-state index is -0.0277. The van der Waals surface area contributed by atoms with Gasteiger partial charge < -0.3 is 9.80 Å². The number of fused-ring (bicyclic) bond motifs is 1. The third kappa shape index (κ3) is 4.00. The molecule has 1 unspecified atom stereocenters. The van der Waals surface area contributed by atoms with Gasteiger partial charge in [-0.15, -0.1) is 0 Å². The van der Waals surface area contributed by atoms with Gasteiger partial charge in [-0.1, -0.05) is 12.8 Å². The van der Waals surface area contributed by atoms with Crippen LogP contribution in [-0.4, -0.2) is 61.3 Å². The van der Waals surface area contributed by atoms with Crippen LogP contribution in [0.1, 0.15) is 60.5 Å². The Hall–Kier alpha value is -3.23. The molecule has 0 spiro atoms. The van der Waals surface area contributed by atoms with Crippen molar-refractivity contribution in [3.05, 3.63) is 46.1 Å². The molecular weight excluding hydrogens is 418 g/mol. The van der Waals surface area contributed by atoms with Crippen LogP contribution in [0.2, 0.25) is 0 Å². The molecule has 1 aliphatic carbocycles. The summed E-state index contributed by atoms with van der Waals surface area (Å²) in [5.74, 6) is 0.603. The largest absolute Gasteiger partial charge is 0.339 e. The maximum atomic E-state index is 12.9. The first-order valence-corrected chi connectivity index (χ1v) is 11.8. The molecule has 9 nitrogen and oxygen atoms in total. The molecule has 2 fully saturated rings. The van der Waals surface area contributed by atoms with Crippen LogP contribution in [0.3, 0.4) is 0 Å². The summed E-state index contributed by atoms with van der Waals surface area (Å²) in [5, 5.41) is 5.06. The molecule has 2 aliphatic rings. The highest BCUT2D eigenvalue weighted by atomic mass is 16.2. The van der Waals surface area contributed by atoms with Gasteiger partial charge in [-0.25, -0.2) is 4.98 Å². The number of nitrogens with zero attached hydrogens (tertiary/aromatic N) is 7. The summed E-state index contributed by atoms with van der Waals surface area (Å²) in [4.78, 5) is 39.4. The van der Waals surface area contributed by atoms with E-state index in [1.807, 2.05) is 36.7 Å². The number of aryl methyl sites for hydroxylation is 2. The van der Waals surface area contributed by atoms with Gasteiger partial charge in [0.2, 0.25) is 5.95 Å². The number of carbonyl (C=O) groups is 1.